The summed E-state index contributed by atoms with van der Waals surface area (Å²) in [5.41, 5.74) is 1.24. The topological polar surface area (TPSA) is 66.4 Å². The maximum absolute atomic E-state index is 12.5. The Kier molecular flexibility index (Phi) is 3.24. The normalized spacial score (nSPS) is 23.3. The van der Waals surface area contributed by atoms with Crippen molar-refractivity contribution in [1.29, 1.82) is 0 Å². The first-order valence-corrected chi connectivity index (χ1v) is 7.26. The monoisotopic (exact) mass is 273 g/mol. The molecule has 2 N–H and O–H groups in total. The maximum Gasteiger partial charge on any atom is 0.329 e. The van der Waals surface area contributed by atoms with E-state index < -0.39 is 11.5 Å². The average molecular weight is 273 g/mol. The van der Waals surface area contributed by atoms with Gasteiger partial charge < -0.3 is 10.4 Å². The molecule has 1 fully saturated rings. The Balaban J connectivity index is 1.79. The van der Waals surface area contributed by atoms with Crippen LogP contribution in [0, 0.1) is 0 Å². The molecule has 1 saturated carbocycles. The van der Waals surface area contributed by atoms with E-state index in [0.29, 0.717) is 12.8 Å². The molecular formula is C16H19NO3. The van der Waals surface area contributed by atoms with Gasteiger partial charge in [-0.15, -0.1) is 0 Å². The van der Waals surface area contributed by atoms with E-state index in [1.807, 2.05) is 24.3 Å². The molecule has 106 valence electrons. The highest BCUT2D eigenvalue weighted by Gasteiger charge is 2.44. The summed E-state index contributed by atoms with van der Waals surface area (Å²) in [5, 5.41) is 12.3. The molecule has 0 saturated heterocycles. The number of carbonyl (C=O) groups excluding carboxylic acids is 1. The first-order chi connectivity index (χ1) is 9.62. The van der Waals surface area contributed by atoms with Crippen molar-refractivity contribution in [3.05, 3.63) is 35.4 Å². The minimum atomic E-state index is -1.03. The van der Waals surface area contributed by atoms with Crippen molar-refractivity contribution in [2.45, 2.75) is 50.0 Å². The third-order valence-corrected chi connectivity index (χ3v) is 4.68. The Morgan fingerprint density at radius 3 is 2.60 bits per heavy atom. The number of fused-ring (bicyclic) bond motifs is 1. The molecule has 0 aromatic heterocycles. The van der Waals surface area contributed by atoms with Gasteiger partial charge in [-0.3, -0.25) is 4.79 Å². The molecule has 0 spiro atoms. The molecule has 0 bridgehead atoms. The molecule has 1 aromatic rings. The maximum atomic E-state index is 12.5. The van der Waals surface area contributed by atoms with E-state index >= 15 is 0 Å². The van der Waals surface area contributed by atoms with Gasteiger partial charge in [-0.1, -0.05) is 37.1 Å². The lowest BCUT2D eigenvalue weighted by Crippen LogP contribution is -2.53. The number of nitrogens with one attached hydrogen (secondary N) is 1. The Labute approximate surface area is 118 Å². The smallest absolute Gasteiger partial charge is 0.329 e. The standard InChI is InChI=1S/C16H19NO3/c18-14(17-16(15(19)20)9-3-4-10-16)13-8-7-11-5-1-2-6-12(11)13/h1-2,5-6,13H,3-4,7-10H2,(H,17,18)(H,19,20). The molecule has 0 aliphatic heterocycles. The van der Waals surface area contributed by atoms with Gasteiger partial charge in [0.25, 0.3) is 0 Å². The lowest BCUT2D eigenvalue weighted by molar-refractivity contribution is -0.147. The molecule has 0 radical (unpaired) electrons. The molecule has 1 aromatic carbocycles. The minimum absolute atomic E-state index is 0.126. The Morgan fingerprint density at radius 1 is 1.20 bits per heavy atom. The number of rotatable bonds is 3. The van der Waals surface area contributed by atoms with Crippen LogP contribution >= 0.6 is 0 Å². The fraction of sp³-hybridized carbons (Fsp3) is 0.500. The van der Waals surface area contributed by atoms with Crippen LogP contribution in [0.25, 0.3) is 0 Å². The van der Waals surface area contributed by atoms with Gasteiger partial charge in [0, 0.05) is 0 Å². The third-order valence-electron chi connectivity index (χ3n) is 4.68. The van der Waals surface area contributed by atoms with Gasteiger partial charge >= 0.3 is 5.97 Å². The second-order valence-electron chi connectivity index (χ2n) is 5.87. The van der Waals surface area contributed by atoms with E-state index in [1.165, 1.54) is 5.56 Å². The van der Waals surface area contributed by atoms with Crippen LogP contribution in [0.4, 0.5) is 0 Å². The van der Waals surface area contributed by atoms with Gasteiger partial charge in [0.2, 0.25) is 5.91 Å². The zero-order valence-electron chi connectivity index (χ0n) is 11.4. The van der Waals surface area contributed by atoms with Crippen LogP contribution < -0.4 is 5.32 Å². The quantitative estimate of drug-likeness (QED) is 0.887. The van der Waals surface area contributed by atoms with Gasteiger partial charge in [-0.05, 0) is 36.8 Å². The number of amides is 1. The number of aryl methyl sites for hydroxylation is 1. The molecule has 2 aliphatic rings. The Bertz CT molecular complexity index is 546. The van der Waals surface area contributed by atoms with E-state index in [4.69, 9.17) is 0 Å². The molecule has 2 aliphatic carbocycles. The highest BCUT2D eigenvalue weighted by Crippen LogP contribution is 2.35. The van der Waals surface area contributed by atoms with Crippen LogP contribution in [-0.2, 0) is 16.0 Å². The van der Waals surface area contributed by atoms with Crippen LogP contribution in [0.1, 0.15) is 49.1 Å². The largest absolute Gasteiger partial charge is 0.480 e. The number of carboxylic acids is 1. The van der Waals surface area contributed by atoms with Gasteiger partial charge in [-0.25, -0.2) is 4.79 Å². The van der Waals surface area contributed by atoms with Crippen LogP contribution in [-0.4, -0.2) is 22.5 Å². The van der Waals surface area contributed by atoms with E-state index in [0.717, 1.165) is 31.2 Å². The molecule has 4 heteroatoms. The van der Waals surface area contributed by atoms with Crippen molar-refractivity contribution in [2.75, 3.05) is 0 Å². The fourth-order valence-corrected chi connectivity index (χ4v) is 3.52. The van der Waals surface area contributed by atoms with Crippen LogP contribution in [0.5, 0.6) is 0 Å². The summed E-state index contributed by atoms with van der Waals surface area (Å²) in [7, 11) is 0. The molecule has 0 heterocycles. The van der Waals surface area contributed by atoms with E-state index in [1.54, 1.807) is 0 Å². The van der Waals surface area contributed by atoms with Gasteiger partial charge in [0.05, 0.1) is 5.92 Å². The lowest BCUT2D eigenvalue weighted by Gasteiger charge is -2.27. The summed E-state index contributed by atoms with van der Waals surface area (Å²) >= 11 is 0. The van der Waals surface area contributed by atoms with Crippen molar-refractivity contribution in [2.24, 2.45) is 0 Å². The SMILES string of the molecule is O=C(NC1(C(=O)O)CCCC1)C1CCc2ccccc21. The van der Waals surface area contributed by atoms with E-state index in [-0.39, 0.29) is 11.8 Å². The molecule has 4 nitrogen and oxygen atoms in total. The number of hydrogen-bond donors (Lipinski definition) is 2. The van der Waals surface area contributed by atoms with Gasteiger partial charge in [0.1, 0.15) is 5.54 Å². The highest BCUT2D eigenvalue weighted by molar-refractivity contribution is 5.91. The fourth-order valence-electron chi connectivity index (χ4n) is 3.52. The Hall–Kier alpha value is -1.84. The summed E-state index contributed by atoms with van der Waals surface area (Å²) in [6.07, 6.45) is 4.50. The number of carboxylic acid groups (broad SMARTS) is 1. The summed E-state index contributed by atoms with van der Waals surface area (Å²) in [4.78, 5) is 24.0. The Morgan fingerprint density at radius 2 is 1.90 bits per heavy atom. The average Bonchev–Trinajstić information content (AvgIpc) is 3.05. The summed E-state index contributed by atoms with van der Waals surface area (Å²) in [6.45, 7) is 0. The molecule has 20 heavy (non-hydrogen) atoms. The van der Waals surface area contributed by atoms with Crippen LogP contribution in [0.15, 0.2) is 24.3 Å². The molecular weight excluding hydrogens is 254 g/mol. The zero-order chi connectivity index (χ0) is 14.2. The molecule has 1 amide bonds. The van der Waals surface area contributed by atoms with Crippen LogP contribution in [0.2, 0.25) is 0 Å². The molecule has 1 unspecified atom stereocenters. The number of hydrogen-bond acceptors (Lipinski definition) is 2. The third kappa shape index (κ3) is 2.09. The van der Waals surface area contributed by atoms with Gasteiger partial charge in [-0.2, -0.15) is 0 Å². The van der Waals surface area contributed by atoms with Crippen molar-refractivity contribution >= 4 is 11.9 Å². The number of carbonyl (C=O) groups is 2. The second kappa shape index (κ2) is 4.93. The zero-order valence-corrected chi connectivity index (χ0v) is 11.4. The van der Waals surface area contributed by atoms with E-state index in [2.05, 4.69) is 5.32 Å². The molecule has 1 atom stereocenters. The van der Waals surface area contributed by atoms with Crippen molar-refractivity contribution in [3.8, 4) is 0 Å². The summed E-state index contributed by atoms with van der Waals surface area (Å²) in [6, 6.07) is 7.95. The summed E-state index contributed by atoms with van der Waals surface area (Å²) in [5.74, 6) is -1.21. The first-order valence-electron chi connectivity index (χ1n) is 7.26. The first kappa shape index (κ1) is 13.2. The second-order valence-corrected chi connectivity index (χ2v) is 5.87. The van der Waals surface area contributed by atoms with Crippen molar-refractivity contribution < 1.29 is 14.7 Å². The predicted octanol–water partition coefficient (Wildman–Crippen LogP) is 2.23. The van der Waals surface area contributed by atoms with Crippen molar-refractivity contribution in [3.63, 3.8) is 0 Å². The minimum Gasteiger partial charge on any atom is -0.480 e. The molecule has 3 rings (SSSR count). The summed E-state index contributed by atoms with van der Waals surface area (Å²) < 4.78 is 0. The van der Waals surface area contributed by atoms with E-state index in [9.17, 15) is 14.7 Å². The lowest BCUT2D eigenvalue weighted by atomic mass is 9.94. The number of benzene rings is 1. The van der Waals surface area contributed by atoms with Crippen LogP contribution in [0.3, 0.4) is 0 Å². The number of aliphatic carboxylic acids is 1. The van der Waals surface area contributed by atoms with Gasteiger partial charge in [0.15, 0.2) is 0 Å². The van der Waals surface area contributed by atoms with Crippen molar-refractivity contribution in [1.82, 2.24) is 5.32 Å². The highest BCUT2D eigenvalue weighted by atomic mass is 16.4. The predicted molar refractivity (Wildman–Crippen MR) is 74.5 cm³/mol.